The van der Waals surface area contributed by atoms with Crippen LogP contribution in [0.3, 0.4) is 0 Å². The normalized spacial score (nSPS) is 10.4. The van der Waals surface area contributed by atoms with Crippen LogP contribution in [0.2, 0.25) is 5.02 Å². The van der Waals surface area contributed by atoms with Crippen LogP contribution in [0, 0.1) is 5.82 Å². The summed E-state index contributed by atoms with van der Waals surface area (Å²) in [7, 11) is 0. The zero-order valence-corrected chi connectivity index (χ0v) is 8.83. The maximum absolute atomic E-state index is 13.3. The third-order valence-corrected chi connectivity index (χ3v) is 2.27. The van der Waals surface area contributed by atoms with Crippen LogP contribution in [-0.4, -0.2) is 21.0 Å². The molecule has 0 unspecified atom stereocenters. The van der Waals surface area contributed by atoms with Gasteiger partial charge in [0.2, 0.25) is 5.78 Å². The van der Waals surface area contributed by atoms with Gasteiger partial charge in [0.05, 0.1) is 0 Å². The largest absolute Gasteiger partial charge is 0.290 e. The molecule has 82 valence electrons. The number of Topliss-reactive ketones (excluding diaryl/α,β-unsaturated/α-hetero) is 1. The van der Waals surface area contributed by atoms with E-state index in [1.807, 2.05) is 0 Å². The van der Waals surface area contributed by atoms with Gasteiger partial charge in [0.15, 0.2) is 5.82 Å². The number of halogens is 2. The maximum Gasteiger partial charge on any atom is 0.204 e. The maximum atomic E-state index is 13.3. The summed E-state index contributed by atoms with van der Waals surface area (Å²) in [5, 5.41) is 6.36. The van der Waals surface area contributed by atoms with E-state index in [1.165, 1.54) is 24.5 Å². The van der Waals surface area contributed by atoms with E-state index in [0.717, 1.165) is 0 Å². The standard InChI is InChI=1S/C10H7ClFN3O/c11-7-1-2-8(12)6(3-7)4-9(16)10-13-5-14-15-10/h1-3,5H,4H2,(H,13,14,15). The average molecular weight is 240 g/mol. The van der Waals surface area contributed by atoms with E-state index >= 15 is 0 Å². The molecule has 0 spiro atoms. The number of H-pyrrole nitrogens is 1. The number of carbonyl (C=O) groups excluding carboxylic acids is 1. The quantitative estimate of drug-likeness (QED) is 0.834. The molecule has 0 amide bonds. The molecule has 4 nitrogen and oxygen atoms in total. The number of rotatable bonds is 3. The monoisotopic (exact) mass is 239 g/mol. The summed E-state index contributed by atoms with van der Waals surface area (Å²) in [4.78, 5) is 15.3. The van der Waals surface area contributed by atoms with Gasteiger partial charge in [0, 0.05) is 11.4 Å². The molecule has 0 saturated heterocycles. The molecule has 1 heterocycles. The van der Waals surface area contributed by atoms with Crippen LogP contribution in [0.25, 0.3) is 0 Å². The molecular formula is C10H7ClFN3O. The molecule has 0 bridgehead atoms. The Morgan fingerprint density at radius 3 is 3.00 bits per heavy atom. The summed E-state index contributed by atoms with van der Waals surface area (Å²) in [6.07, 6.45) is 1.13. The summed E-state index contributed by atoms with van der Waals surface area (Å²) in [5.41, 5.74) is 0.244. The molecule has 1 aromatic heterocycles. The Bertz CT molecular complexity index is 513. The number of benzene rings is 1. The predicted molar refractivity (Wildman–Crippen MR) is 55.8 cm³/mol. The minimum absolute atomic E-state index is 0.0956. The summed E-state index contributed by atoms with van der Waals surface area (Å²) in [5.74, 6) is -0.685. The van der Waals surface area contributed by atoms with Crippen LogP contribution in [-0.2, 0) is 6.42 Å². The van der Waals surface area contributed by atoms with Crippen LogP contribution in [0.1, 0.15) is 16.2 Å². The highest BCUT2D eigenvalue weighted by Gasteiger charge is 2.13. The van der Waals surface area contributed by atoms with Gasteiger partial charge in [-0.1, -0.05) is 11.6 Å². The van der Waals surface area contributed by atoms with Crippen molar-refractivity contribution in [2.45, 2.75) is 6.42 Å². The lowest BCUT2D eigenvalue weighted by Gasteiger charge is -2.01. The highest BCUT2D eigenvalue weighted by Crippen LogP contribution is 2.16. The second-order valence-corrected chi connectivity index (χ2v) is 3.61. The van der Waals surface area contributed by atoms with Gasteiger partial charge in [0.1, 0.15) is 12.1 Å². The van der Waals surface area contributed by atoms with E-state index in [-0.39, 0.29) is 23.6 Å². The second-order valence-electron chi connectivity index (χ2n) is 3.17. The molecular weight excluding hydrogens is 233 g/mol. The fourth-order valence-electron chi connectivity index (χ4n) is 1.28. The van der Waals surface area contributed by atoms with Gasteiger partial charge in [-0.05, 0) is 23.8 Å². The first kappa shape index (κ1) is 10.8. The Labute approximate surface area is 95.5 Å². The van der Waals surface area contributed by atoms with Crippen molar-refractivity contribution >= 4 is 17.4 Å². The summed E-state index contributed by atoms with van der Waals surface area (Å²) in [6.45, 7) is 0. The van der Waals surface area contributed by atoms with Crippen molar-refractivity contribution in [1.82, 2.24) is 15.2 Å². The average Bonchev–Trinajstić information content (AvgIpc) is 2.76. The molecule has 0 atom stereocenters. The molecule has 6 heteroatoms. The Kier molecular flexibility index (Phi) is 2.96. The minimum atomic E-state index is -0.461. The van der Waals surface area contributed by atoms with Crippen LogP contribution in [0.5, 0.6) is 0 Å². The van der Waals surface area contributed by atoms with Crippen LogP contribution in [0.15, 0.2) is 24.5 Å². The predicted octanol–water partition coefficient (Wildman–Crippen LogP) is 2.02. The van der Waals surface area contributed by atoms with Crippen LogP contribution >= 0.6 is 11.6 Å². The lowest BCUT2D eigenvalue weighted by Crippen LogP contribution is -2.07. The zero-order valence-electron chi connectivity index (χ0n) is 8.08. The van der Waals surface area contributed by atoms with E-state index in [0.29, 0.717) is 5.02 Å². The van der Waals surface area contributed by atoms with E-state index in [2.05, 4.69) is 15.2 Å². The van der Waals surface area contributed by atoms with E-state index in [4.69, 9.17) is 11.6 Å². The molecule has 0 aliphatic carbocycles. The summed E-state index contributed by atoms with van der Waals surface area (Å²) >= 11 is 5.71. The van der Waals surface area contributed by atoms with Crippen LogP contribution in [0.4, 0.5) is 4.39 Å². The van der Waals surface area contributed by atoms with Gasteiger partial charge >= 0.3 is 0 Å². The van der Waals surface area contributed by atoms with Crippen LogP contribution < -0.4 is 0 Å². The van der Waals surface area contributed by atoms with Gasteiger partial charge in [0.25, 0.3) is 0 Å². The minimum Gasteiger partial charge on any atom is -0.290 e. The number of aromatic amines is 1. The molecule has 0 radical (unpaired) electrons. The SMILES string of the molecule is O=C(Cc1cc(Cl)ccc1F)c1ncn[nH]1. The number of aromatic nitrogens is 3. The van der Waals surface area contributed by atoms with Gasteiger partial charge in [-0.25, -0.2) is 9.37 Å². The first-order valence-electron chi connectivity index (χ1n) is 4.49. The Hall–Kier alpha value is -1.75. The van der Waals surface area contributed by atoms with Crippen molar-refractivity contribution in [2.75, 3.05) is 0 Å². The first-order valence-corrected chi connectivity index (χ1v) is 4.87. The van der Waals surface area contributed by atoms with Crippen molar-refractivity contribution in [2.24, 2.45) is 0 Å². The Morgan fingerprint density at radius 1 is 1.50 bits per heavy atom. The van der Waals surface area contributed by atoms with Gasteiger partial charge in [-0.2, -0.15) is 5.10 Å². The number of hydrogen-bond donors (Lipinski definition) is 1. The molecule has 0 fully saturated rings. The highest BCUT2D eigenvalue weighted by molar-refractivity contribution is 6.30. The molecule has 16 heavy (non-hydrogen) atoms. The van der Waals surface area contributed by atoms with E-state index in [1.54, 1.807) is 0 Å². The second kappa shape index (κ2) is 4.40. The first-order chi connectivity index (χ1) is 7.66. The fourth-order valence-corrected chi connectivity index (χ4v) is 1.47. The molecule has 1 N–H and O–H groups in total. The Morgan fingerprint density at radius 2 is 2.31 bits per heavy atom. The van der Waals surface area contributed by atoms with Crippen molar-refractivity contribution in [1.29, 1.82) is 0 Å². The van der Waals surface area contributed by atoms with Gasteiger partial charge in [-0.15, -0.1) is 0 Å². The van der Waals surface area contributed by atoms with Crippen molar-refractivity contribution in [3.63, 3.8) is 0 Å². The lowest BCUT2D eigenvalue weighted by atomic mass is 10.1. The third-order valence-electron chi connectivity index (χ3n) is 2.04. The molecule has 1 aromatic carbocycles. The summed E-state index contributed by atoms with van der Waals surface area (Å²) in [6, 6.07) is 4.08. The number of ketones is 1. The fraction of sp³-hybridized carbons (Fsp3) is 0.100. The van der Waals surface area contributed by atoms with Crippen molar-refractivity contribution in [3.8, 4) is 0 Å². The number of nitrogens with zero attached hydrogens (tertiary/aromatic N) is 2. The molecule has 0 saturated carbocycles. The van der Waals surface area contributed by atoms with Crippen molar-refractivity contribution < 1.29 is 9.18 Å². The Balaban J connectivity index is 2.21. The zero-order chi connectivity index (χ0) is 11.5. The van der Waals surface area contributed by atoms with Gasteiger partial charge in [-0.3, -0.25) is 9.89 Å². The smallest absolute Gasteiger partial charge is 0.204 e. The van der Waals surface area contributed by atoms with Crippen molar-refractivity contribution in [3.05, 3.63) is 46.8 Å². The molecule has 2 aromatic rings. The topological polar surface area (TPSA) is 58.6 Å². The third kappa shape index (κ3) is 2.25. The van der Waals surface area contributed by atoms with Gasteiger partial charge < -0.3 is 0 Å². The number of nitrogens with one attached hydrogen (secondary N) is 1. The molecule has 2 rings (SSSR count). The summed E-state index contributed by atoms with van der Waals surface area (Å²) < 4.78 is 13.3. The number of carbonyl (C=O) groups is 1. The highest BCUT2D eigenvalue weighted by atomic mass is 35.5. The van der Waals surface area contributed by atoms with E-state index in [9.17, 15) is 9.18 Å². The molecule has 0 aliphatic rings. The molecule has 0 aliphatic heterocycles. The lowest BCUT2D eigenvalue weighted by molar-refractivity contribution is 0.0982. The van der Waals surface area contributed by atoms with E-state index < -0.39 is 5.82 Å². The number of hydrogen-bond acceptors (Lipinski definition) is 3.